The van der Waals surface area contributed by atoms with Crippen molar-refractivity contribution in [2.45, 2.75) is 27.2 Å². The lowest BCUT2D eigenvalue weighted by atomic mass is 10.2. The molecular weight excluding hydrogens is 426 g/mol. The number of rotatable bonds is 4. The van der Waals surface area contributed by atoms with Crippen molar-refractivity contribution in [1.29, 1.82) is 0 Å². The van der Waals surface area contributed by atoms with E-state index in [-0.39, 0.29) is 5.91 Å². The Labute approximate surface area is 181 Å². The van der Waals surface area contributed by atoms with Crippen molar-refractivity contribution in [3.8, 4) is 11.5 Å². The van der Waals surface area contributed by atoms with Gasteiger partial charge in [-0.15, -0.1) is 23.5 Å². The second kappa shape index (κ2) is 7.49. The van der Waals surface area contributed by atoms with Crippen LogP contribution in [-0.4, -0.2) is 35.4 Å². The Morgan fingerprint density at radius 3 is 2.72 bits per heavy atom. The molecule has 2 saturated heterocycles. The van der Waals surface area contributed by atoms with Gasteiger partial charge in [-0.25, -0.2) is 4.79 Å². The smallest absolute Gasteiger partial charge is 0.349 e. The molecule has 150 valence electrons. The first-order valence-electron chi connectivity index (χ1n) is 9.37. The molecule has 5 nitrogen and oxygen atoms in total. The van der Waals surface area contributed by atoms with E-state index in [4.69, 9.17) is 9.47 Å². The number of esters is 1. The van der Waals surface area contributed by atoms with Gasteiger partial charge >= 0.3 is 5.97 Å². The van der Waals surface area contributed by atoms with Crippen LogP contribution in [0.3, 0.4) is 0 Å². The fraction of sp³-hybridized carbons (Fsp3) is 0.333. The summed E-state index contributed by atoms with van der Waals surface area (Å²) in [5.74, 6) is 2.73. The summed E-state index contributed by atoms with van der Waals surface area (Å²) in [5, 5.41) is 0. The number of thioether (sulfide) groups is 3. The lowest BCUT2D eigenvalue weighted by Gasteiger charge is -2.28. The highest BCUT2D eigenvalue weighted by Crippen LogP contribution is 2.56. The monoisotopic (exact) mass is 445 g/mol. The fourth-order valence-corrected chi connectivity index (χ4v) is 8.15. The number of carbonyl (C=O) groups excluding carboxylic acids is 2. The standard InChI is InChI=1S/C21H19NO4S3/c1-25-16-12-13(19-27-10-11-28-19)6-7-15(16)26-20(24)21-9-8-18(23)22(21)14-4-2-3-5-17(14)29-21/h2-7,12,19H,8-11H2,1H3. The normalized spacial score (nSPS) is 23.2. The number of hydrogen-bond donors (Lipinski definition) is 0. The highest BCUT2D eigenvalue weighted by Gasteiger charge is 2.58. The van der Waals surface area contributed by atoms with E-state index in [0.29, 0.717) is 28.9 Å². The van der Waals surface area contributed by atoms with E-state index in [2.05, 4.69) is 0 Å². The number of hydrogen-bond acceptors (Lipinski definition) is 7. The second-order valence-corrected chi connectivity index (χ2v) is 11.0. The number of amides is 1. The number of anilines is 1. The zero-order valence-corrected chi connectivity index (χ0v) is 18.2. The molecule has 2 aromatic rings. The van der Waals surface area contributed by atoms with Gasteiger partial charge in [0.25, 0.3) is 0 Å². The third-order valence-corrected chi connectivity index (χ3v) is 9.84. The van der Waals surface area contributed by atoms with Crippen molar-refractivity contribution < 1.29 is 19.1 Å². The Morgan fingerprint density at radius 1 is 1.14 bits per heavy atom. The minimum atomic E-state index is -1.04. The average molecular weight is 446 g/mol. The quantitative estimate of drug-likeness (QED) is 0.499. The number of carbonyl (C=O) groups is 2. The molecule has 2 fully saturated rings. The first-order chi connectivity index (χ1) is 14.1. The van der Waals surface area contributed by atoms with Crippen LogP contribution in [0.1, 0.15) is 23.0 Å². The van der Waals surface area contributed by atoms with E-state index in [9.17, 15) is 9.59 Å². The molecule has 3 aliphatic heterocycles. The highest BCUT2D eigenvalue weighted by molar-refractivity contribution is 8.19. The molecule has 0 aromatic heterocycles. The van der Waals surface area contributed by atoms with Gasteiger partial charge in [0, 0.05) is 29.2 Å². The van der Waals surface area contributed by atoms with Crippen molar-refractivity contribution in [2.24, 2.45) is 0 Å². The third kappa shape index (κ3) is 3.12. The Hall–Kier alpha value is -1.77. The highest BCUT2D eigenvalue weighted by atomic mass is 32.2. The predicted octanol–water partition coefficient (Wildman–Crippen LogP) is 4.71. The summed E-state index contributed by atoms with van der Waals surface area (Å²) in [6.45, 7) is 0. The molecule has 0 aliphatic carbocycles. The second-order valence-electron chi connectivity index (χ2n) is 6.96. The molecule has 0 spiro atoms. The Bertz CT molecular complexity index is 992. The molecule has 3 heterocycles. The summed E-state index contributed by atoms with van der Waals surface area (Å²) in [6.07, 6.45) is 0.766. The summed E-state index contributed by atoms with van der Waals surface area (Å²) < 4.78 is 11.7. The molecule has 0 N–H and O–H groups in total. The summed E-state index contributed by atoms with van der Waals surface area (Å²) in [6, 6.07) is 13.4. The van der Waals surface area contributed by atoms with Crippen molar-refractivity contribution in [1.82, 2.24) is 0 Å². The Kier molecular flexibility index (Phi) is 4.96. The first-order valence-corrected chi connectivity index (χ1v) is 12.3. The van der Waals surface area contributed by atoms with Crippen LogP contribution in [0.5, 0.6) is 11.5 Å². The number of para-hydroxylation sites is 1. The van der Waals surface area contributed by atoms with Gasteiger partial charge in [0.1, 0.15) is 0 Å². The van der Waals surface area contributed by atoms with Gasteiger partial charge in [0.2, 0.25) is 5.91 Å². The number of benzene rings is 2. The summed E-state index contributed by atoms with van der Waals surface area (Å²) >= 11 is 5.23. The molecule has 5 rings (SSSR count). The number of ether oxygens (including phenoxy) is 2. The van der Waals surface area contributed by atoms with Crippen molar-refractivity contribution in [3.05, 3.63) is 48.0 Å². The van der Waals surface area contributed by atoms with Crippen LogP contribution in [0, 0.1) is 0 Å². The SMILES string of the molecule is COc1cc(C2SCCS2)ccc1OC(=O)C12CCC(=O)N1c1ccccc1S2. The van der Waals surface area contributed by atoms with Gasteiger partial charge in [-0.2, -0.15) is 0 Å². The maximum absolute atomic E-state index is 13.3. The van der Waals surface area contributed by atoms with Crippen LogP contribution >= 0.6 is 35.3 Å². The molecule has 0 radical (unpaired) electrons. The van der Waals surface area contributed by atoms with E-state index in [0.717, 1.165) is 27.7 Å². The van der Waals surface area contributed by atoms with Crippen LogP contribution in [-0.2, 0) is 9.59 Å². The third-order valence-electron chi connectivity index (χ3n) is 5.28. The number of nitrogens with zero attached hydrogens (tertiary/aromatic N) is 1. The van der Waals surface area contributed by atoms with Gasteiger partial charge in [-0.1, -0.05) is 30.0 Å². The van der Waals surface area contributed by atoms with Crippen LogP contribution in [0.25, 0.3) is 0 Å². The lowest BCUT2D eigenvalue weighted by molar-refractivity contribution is -0.137. The minimum Gasteiger partial charge on any atom is -0.493 e. The van der Waals surface area contributed by atoms with E-state index in [1.807, 2.05) is 59.9 Å². The van der Waals surface area contributed by atoms with Crippen molar-refractivity contribution >= 4 is 52.8 Å². The van der Waals surface area contributed by atoms with Gasteiger partial charge in [-0.3, -0.25) is 9.69 Å². The zero-order chi connectivity index (χ0) is 20.0. The topological polar surface area (TPSA) is 55.8 Å². The molecule has 1 amide bonds. The molecule has 3 aliphatic rings. The molecule has 1 unspecified atom stereocenters. The van der Waals surface area contributed by atoms with Crippen molar-refractivity contribution in [2.75, 3.05) is 23.5 Å². The molecule has 0 saturated carbocycles. The maximum Gasteiger partial charge on any atom is 0.349 e. The zero-order valence-electron chi connectivity index (χ0n) is 15.8. The predicted molar refractivity (Wildman–Crippen MR) is 118 cm³/mol. The van der Waals surface area contributed by atoms with E-state index >= 15 is 0 Å². The van der Waals surface area contributed by atoms with Gasteiger partial charge in [0.05, 0.1) is 17.4 Å². The Balaban J connectivity index is 1.44. The first kappa shape index (κ1) is 19.2. The van der Waals surface area contributed by atoms with Gasteiger partial charge < -0.3 is 9.47 Å². The van der Waals surface area contributed by atoms with Crippen LogP contribution in [0.2, 0.25) is 0 Å². The minimum absolute atomic E-state index is 0.0444. The maximum atomic E-state index is 13.3. The Morgan fingerprint density at radius 2 is 1.93 bits per heavy atom. The molecule has 29 heavy (non-hydrogen) atoms. The van der Waals surface area contributed by atoms with Gasteiger partial charge in [-0.05, 0) is 29.8 Å². The average Bonchev–Trinajstić information content (AvgIpc) is 3.45. The number of methoxy groups -OCH3 is 1. The summed E-state index contributed by atoms with van der Waals surface area (Å²) in [4.78, 5) is 27.4. The van der Waals surface area contributed by atoms with Gasteiger partial charge in [0.15, 0.2) is 16.4 Å². The summed E-state index contributed by atoms with van der Waals surface area (Å²) in [5.41, 5.74) is 1.95. The largest absolute Gasteiger partial charge is 0.493 e. The lowest BCUT2D eigenvalue weighted by Crippen LogP contribution is -2.49. The van der Waals surface area contributed by atoms with E-state index < -0.39 is 10.8 Å². The molecular formula is C21H19NO4S3. The van der Waals surface area contributed by atoms with Crippen LogP contribution in [0.4, 0.5) is 5.69 Å². The molecule has 8 heteroatoms. The molecule has 2 aromatic carbocycles. The molecule has 0 bridgehead atoms. The molecule has 1 atom stereocenters. The van der Waals surface area contributed by atoms with E-state index in [1.165, 1.54) is 11.8 Å². The number of fused-ring (bicyclic) bond motifs is 3. The van der Waals surface area contributed by atoms with Crippen molar-refractivity contribution in [3.63, 3.8) is 0 Å². The van der Waals surface area contributed by atoms with Crippen LogP contribution < -0.4 is 14.4 Å². The van der Waals surface area contributed by atoms with E-state index in [1.54, 1.807) is 18.1 Å². The fourth-order valence-electron chi connectivity index (χ4n) is 3.92. The van der Waals surface area contributed by atoms with Crippen LogP contribution in [0.15, 0.2) is 47.4 Å². The summed E-state index contributed by atoms with van der Waals surface area (Å²) in [7, 11) is 1.58.